The van der Waals surface area contributed by atoms with Crippen molar-refractivity contribution in [3.05, 3.63) is 29.7 Å². The highest BCUT2D eigenvalue weighted by atomic mass is 19.1. The average molecular weight is 310 g/mol. The van der Waals surface area contributed by atoms with Crippen molar-refractivity contribution in [2.45, 2.75) is 31.9 Å². The van der Waals surface area contributed by atoms with Crippen molar-refractivity contribution in [3.63, 3.8) is 0 Å². The zero-order valence-corrected chi connectivity index (χ0v) is 13.1. The number of anilines is 1. The van der Waals surface area contributed by atoms with Crippen LogP contribution in [0.4, 0.5) is 10.1 Å². The summed E-state index contributed by atoms with van der Waals surface area (Å²) >= 11 is 0. The third kappa shape index (κ3) is 2.95. The zero-order chi connectivity index (χ0) is 16.5. The first-order chi connectivity index (χ1) is 10.3. The van der Waals surface area contributed by atoms with E-state index in [2.05, 4.69) is 5.32 Å². The molecule has 4 N–H and O–H groups in total. The molecule has 1 atom stereocenters. The Morgan fingerprint density at radius 1 is 1.27 bits per heavy atom. The number of aliphatic hydroxyl groups excluding tert-OH is 3. The van der Waals surface area contributed by atoms with Gasteiger partial charge in [-0.1, -0.05) is 13.8 Å². The summed E-state index contributed by atoms with van der Waals surface area (Å²) in [5, 5.41) is 32.1. The van der Waals surface area contributed by atoms with Gasteiger partial charge in [0.2, 0.25) is 0 Å². The molecule has 0 fully saturated rings. The Kier molecular flexibility index (Phi) is 4.75. The summed E-state index contributed by atoms with van der Waals surface area (Å²) in [4.78, 5) is 0. The van der Waals surface area contributed by atoms with Crippen molar-refractivity contribution in [3.8, 4) is 0 Å². The Hall–Kier alpha value is -1.63. The highest BCUT2D eigenvalue weighted by Crippen LogP contribution is 2.32. The second-order valence-electron chi connectivity index (χ2n) is 6.16. The molecule has 0 aliphatic heterocycles. The molecular formula is C16H23FN2O3. The van der Waals surface area contributed by atoms with E-state index < -0.39 is 11.5 Å². The maximum atomic E-state index is 14.1. The maximum Gasteiger partial charge on any atom is 0.148 e. The van der Waals surface area contributed by atoms with Gasteiger partial charge in [-0.15, -0.1) is 0 Å². The number of halogens is 1. The van der Waals surface area contributed by atoms with E-state index in [1.54, 1.807) is 17.7 Å². The van der Waals surface area contributed by atoms with E-state index in [0.717, 1.165) is 11.1 Å². The Morgan fingerprint density at radius 3 is 2.50 bits per heavy atom. The van der Waals surface area contributed by atoms with E-state index in [-0.39, 0.29) is 25.6 Å². The predicted molar refractivity (Wildman–Crippen MR) is 84.6 cm³/mol. The van der Waals surface area contributed by atoms with Gasteiger partial charge in [-0.25, -0.2) is 4.39 Å². The van der Waals surface area contributed by atoms with Gasteiger partial charge in [0.1, 0.15) is 5.82 Å². The first-order valence-electron chi connectivity index (χ1n) is 7.25. The van der Waals surface area contributed by atoms with Gasteiger partial charge in [0, 0.05) is 29.6 Å². The zero-order valence-electron chi connectivity index (χ0n) is 13.1. The van der Waals surface area contributed by atoms with Crippen LogP contribution in [0.15, 0.2) is 18.2 Å². The van der Waals surface area contributed by atoms with Crippen LogP contribution in [-0.4, -0.2) is 46.3 Å². The van der Waals surface area contributed by atoms with Gasteiger partial charge in [-0.3, -0.25) is 0 Å². The average Bonchev–Trinajstić information content (AvgIpc) is 2.84. The molecule has 6 heteroatoms. The lowest BCUT2D eigenvalue weighted by atomic mass is 9.90. The quantitative estimate of drug-likeness (QED) is 0.651. The molecular weight excluding hydrogens is 287 g/mol. The fraction of sp³-hybridized carbons (Fsp3) is 0.500. The number of benzene rings is 1. The van der Waals surface area contributed by atoms with Crippen molar-refractivity contribution >= 4 is 16.6 Å². The summed E-state index contributed by atoms with van der Waals surface area (Å²) in [6.07, 6.45) is -0.948. The summed E-state index contributed by atoms with van der Waals surface area (Å²) in [6, 6.07) is 4.99. The van der Waals surface area contributed by atoms with Crippen LogP contribution in [0.5, 0.6) is 0 Å². The lowest BCUT2D eigenvalue weighted by molar-refractivity contribution is 0.0802. The number of aliphatic hydroxyl groups is 3. The smallest absolute Gasteiger partial charge is 0.148 e. The topological polar surface area (TPSA) is 77.7 Å². The number of hydrogen-bond donors (Lipinski definition) is 4. The third-order valence-corrected chi connectivity index (χ3v) is 3.95. The standard InChI is InChI=1S/C16H23FN2O3/c1-16(2,9-21)15-5-10-4-13(18-3)12(17)6-14(10)19(15)7-11(22)8-20/h4-6,11,18,20-22H,7-9H2,1-3H3/t11-/m1/s1. The molecule has 1 aromatic heterocycles. The van der Waals surface area contributed by atoms with Gasteiger partial charge in [-0.2, -0.15) is 0 Å². The number of nitrogens with zero attached hydrogens (tertiary/aromatic N) is 1. The van der Waals surface area contributed by atoms with Crippen LogP contribution in [0.3, 0.4) is 0 Å². The molecule has 0 spiro atoms. The molecule has 2 rings (SSSR count). The normalized spacial score (nSPS) is 13.6. The van der Waals surface area contributed by atoms with Crippen LogP contribution in [0.2, 0.25) is 0 Å². The lowest BCUT2D eigenvalue weighted by Gasteiger charge is -2.25. The Morgan fingerprint density at radius 2 is 1.95 bits per heavy atom. The van der Waals surface area contributed by atoms with Crippen LogP contribution < -0.4 is 5.32 Å². The van der Waals surface area contributed by atoms with E-state index in [9.17, 15) is 14.6 Å². The molecule has 22 heavy (non-hydrogen) atoms. The minimum Gasteiger partial charge on any atom is -0.395 e. The minimum atomic E-state index is -0.948. The van der Waals surface area contributed by atoms with E-state index in [1.807, 2.05) is 19.9 Å². The second kappa shape index (κ2) is 6.24. The van der Waals surface area contributed by atoms with Crippen molar-refractivity contribution in [2.24, 2.45) is 0 Å². The van der Waals surface area contributed by atoms with Crippen LogP contribution in [0, 0.1) is 5.82 Å². The monoisotopic (exact) mass is 310 g/mol. The molecule has 0 saturated heterocycles. The van der Waals surface area contributed by atoms with Crippen molar-refractivity contribution in [1.29, 1.82) is 0 Å². The molecule has 0 bridgehead atoms. The van der Waals surface area contributed by atoms with E-state index in [0.29, 0.717) is 11.2 Å². The summed E-state index contributed by atoms with van der Waals surface area (Å²) in [6.45, 7) is 3.42. The van der Waals surface area contributed by atoms with Gasteiger partial charge >= 0.3 is 0 Å². The van der Waals surface area contributed by atoms with E-state index in [1.165, 1.54) is 6.07 Å². The third-order valence-electron chi connectivity index (χ3n) is 3.95. The Balaban J connectivity index is 2.69. The van der Waals surface area contributed by atoms with Crippen LogP contribution >= 0.6 is 0 Å². The number of rotatable bonds is 6. The van der Waals surface area contributed by atoms with E-state index in [4.69, 9.17) is 5.11 Å². The maximum absolute atomic E-state index is 14.1. The molecule has 2 aromatic rings. The number of fused-ring (bicyclic) bond motifs is 1. The molecule has 1 heterocycles. The minimum absolute atomic E-state index is 0.0834. The highest BCUT2D eigenvalue weighted by Gasteiger charge is 2.26. The summed E-state index contributed by atoms with van der Waals surface area (Å²) in [7, 11) is 1.65. The molecule has 0 amide bonds. The van der Waals surface area contributed by atoms with Crippen LogP contribution in [0.25, 0.3) is 10.9 Å². The first-order valence-corrected chi connectivity index (χ1v) is 7.25. The van der Waals surface area contributed by atoms with Gasteiger partial charge < -0.3 is 25.2 Å². The molecule has 5 nitrogen and oxygen atoms in total. The van der Waals surface area contributed by atoms with Crippen molar-refractivity contribution in [1.82, 2.24) is 4.57 Å². The molecule has 0 radical (unpaired) electrons. The Bertz CT molecular complexity index is 667. The SMILES string of the molecule is CNc1cc2cc(C(C)(C)CO)n(C[C@@H](O)CO)c2cc1F. The predicted octanol–water partition coefficient (Wildman–Crippen LogP) is 1.45. The highest BCUT2D eigenvalue weighted by molar-refractivity contribution is 5.85. The largest absolute Gasteiger partial charge is 0.395 e. The van der Waals surface area contributed by atoms with Crippen LogP contribution in [0.1, 0.15) is 19.5 Å². The van der Waals surface area contributed by atoms with Crippen molar-refractivity contribution < 1.29 is 19.7 Å². The van der Waals surface area contributed by atoms with Crippen molar-refractivity contribution in [2.75, 3.05) is 25.6 Å². The Labute approximate surface area is 129 Å². The van der Waals surface area contributed by atoms with Gasteiger partial charge in [0.15, 0.2) is 0 Å². The lowest BCUT2D eigenvalue weighted by Crippen LogP contribution is -2.29. The first kappa shape index (κ1) is 16.7. The van der Waals surface area contributed by atoms with Gasteiger partial charge in [-0.05, 0) is 12.1 Å². The second-order valence-corrected chi connectivity index (χ2v) is 6.16. The summed E-state index contributed by atoms with van der Waals surface area (Å²) < 4.78 is 15.8. The number of hydrogen-bond acceptors (Lipinski definition) is 4. The number of aromatic nitrogens is 1. The van der Waals surface area contributed by atoms with E-state index >= 15 is 0 Å². The van der Waals surface area contributed by atoms with Gasteiger partial charge in [0.25, 0.3) is 0 Å². The molecule has 122 valence electrons. The molecule has 0 unspecified atom stereocenters. The summed E-state index contributed by atoms with van der Waals surface area (Å²) in [5.74, 6) is -0.388. The summed E-state index contributed by atoms with van der Waals surface area (Å²) in [5.41, 5.74) is 1.25. The molecule has 1 aromatic carbocycles. The molecule has 0 saturated carbocycles. The number of nitrogens with one attached hydrogen (secondary N) is 1. The van der Waals surface area contributed by atoms with Gasteiger partial charge in [0.05, 0.1) is 37.1 Å². The fourth-order valence-corrected chi connectivity index (χ4v) is 2.58. The molecule has 0 aliphatic carbocycles. The van der Waals surface area contributed by atoms with Crippen LogP contribution in [-0.2, 0) is 12.0 Å². The molecule has 0 aliphatic rings. The fourth-order valence-electron chi connectivity index (χ4n) is 2.58.